The number of halogens is 2. The zero-order valence-electron chi connectivity index (χ0n) is 18.5. The molecule has 174 valence electrons. The van der Waals surface area contributed by atoms with Crippen LogP contribution in [-0.2, 0) is 4.74 Å². The molecule has 2 heterocycles. The lowest BCUT2D eigenvalue weighted by Crippen LogP contribution is -2.27. The minimum Gasteiger partial charge on any atom is -0.447 e. The molecule has 1 aliphatic heterocycles. The summed E-state index contributed by atoms with van der Waals surface area (Å²) < 4.78 is 19.5. The van der Waals surface area contributed by atoms with Crippen molar-refractivity contribution in [3.8, 4) is 0 Å². The fourth-order valence-corrected chi connectivity index (χ4v) is 3.79. The van der Waals surface area contributed by atoms with Gasteiger partial charge in [0.05, 0.1) is 22.0 Å². The van der Waals surface area contributed by atoms with E-state index < -0.39 is 23.9 Å². The Morgan fingerprint density at radius 1 is 1.15 bits per heavy atom. The normalized spacial score (nSPS) is 15.3. The molecule has 2 amide bonds. The Hall–Kier alpha value is -3.59. The number of hydrogen-bond donors (Lipinski definition) is 1. The summed E-state index contributed by atoms with van der Waals surface area (Å²) in [7, 11) is 0. The number of carbonyl (C=O) groups excluding carboxylic acids is 2. The van der Waals surface area contributed by atoms with Gasteiger partial charge in [0.2, 0.25) is 0 Å². The lowest BCUT2D eigenvalue weighted by atomic mass is 10.0. The smallest absolute Gasteiger partial charge is 0.411 e. The average Bonchev–Trinajstić information content (AvgIpc) is 3.26. The van der Waals surface area contributed by atoms with Crippen molar-refractivity contribution >= 4 is 39.3 Å². The Balaban J connectivity index is 1.61. The van der Waals surface area contributed by atoms with Crippen LogP contribution in [0.5, 0.6) is 0 Å². The molecule has 0 saturated heterocycles. The maximum absolute atomic E-state index is 14.1. The summed E-state index contributed by atoms with van der Waals surface area (Å²) in [5, 5.41) is 8.61. The van der Waals surface area contributed by atoms with E-state index in [-0.39, 0.29) is 16.1 Å². The van der Waals surface area contributed by atoms with Crippen molar-refractivity contribution in [2.45, 2.75) is 32.4 Å². The standard InChI is InChI=1S/C25H22BrFN4O3/c1-15(2)34-25(33)29-18-9-6-16(7-10-18)22-14-23(21-5-3-4-12-28-21)31(30-22)24(32)17-8-11-19(26)20(27)13-17/h3-13,15,23H,14H2,1-2H3,(H,29,33). The number of anilines is 1. The van der Waals surface area contributed by atoms with Gasteiger partial charge in [-0.15, -0.1) is 0 Å². The summed E-state index contributed by atoms with van der Waals surface area (Å²) in [5.41, 5.74) is 2.92. The Labute approximate surface area is 204 Å². The number of nitrogens with zero attached hydrogens (tertiary/aromatic N) is 3. The highest BCUT2D eigenvalue weighted by Crippen LogP contribution is 2.33. The minimum absolute atomic E-state index is 0.190. The van der Waals surface area contributed by atoms with Crippen LogP contribution in [0.2, 0.25) is 0 Å². The first-order chi connectivity index (χ1) is 16.3. The van der Waals surface area contributed by atoms with E-state index in [1.54, 1.807) is 44.3 Å². The maximum atomic E-state index is 14.1. The largest absolute Gasteiger partial charge is 0.447 e. The number of pyridine rings is 1. The van der Waals surface area contributed by atoms with Crippen molar-refractivity contribution in [1.29, 1.82) is 0 Å². The first-order valence-electron chi connectivity index (χ1n) is 10.7. The van der Waals surface area contributed by atoms with Gasteiger partial charge in [0.1, 0.15) is 11.9 Å². The van der Waals surface area contributed by atoms with E-state index in [0.717, 1.165) is 5.56 Å². The highest BCUT2D eigenvalue weighted by Gasteiger charge is 2.34. The van der Waals surface area contributed by atoms with Crippen LogP contribution in [0.15, 0.2) is 76.4 Å². The van der Waals surface area contributed by atoms with Gasteiger partial charge in [-0.2, -0.15) is 5.10 Å². The quantitative estimate of drug-likeness (QED) is 0.448. The molecule has 0 bridgehead atoms. The number of carbonyl (C=O) groups is 2. The summed E-state index contributed by atoms with van der Waals surface area (Å²) in [6.45, 7) is 3.54. The highest BCUT2D eigenvalue weighted by atomic mass is 79.9. The zero-order valence-corrected chi connectivity index (χ0v) is 20.1. The molecule has 1 N–H and O–H groups in total. The van der Waals surface area contributed by atoms with E-state index in [1.807, 2.05) is 24.3 Å². The molecule has 4 rings (SSSR count). The third-order valence-electron chi connectivity index (χ3n) is 5.12. The molecular weight excluding hydrogens is 503 g/mol. The Morgan fingerprint density at radius 3 is 2.56 bits per heavy atom. The van der Waals surface area contributed by atoms with Gasteiger partial charge in [-0.05, 0) is 77.8 Å². The Bertz CT molecular complexity index is 1230. The zero-order chi connectivity index (χ0) is 24.2. The summed E-state index contributed by atoms with van der Waals surface area (Å²) in [6.07, 6.45) is 1.34. The molecule has 0 radical (unpaired) electrons. The van der Waals surface area contributed by atoms with Gasteiger partial charge in [-0.25, -0.2) is 14.2 Å². The van der Waals surface area contributed by atoms with Crippen LogP contribution in [-0.4, -0.2) is 33.8 Å². The van der Waals surface area contributed by atoms with Crippen molar-refractivity contribution in [2.75, 3.05) is 5.32 Å². The van der Waals surface area contributed by atoms with E-state index >= 15 is 0 Å². The Kier molecular flexibility index (Phi) is 7.02. The van der Waals surface area contributed by atoms with Gasteiger partial charge in [-0.1, -0.05) is 18.2 Å². The van der Waals surface area contributed by atoms with Gasteiger partial charge in [0.15, 0.2) is 0 Å². The number of rotatable bonds is 5. The second kappa shape index (κ2) is 10.1. The first kappa shape index (κ1) is 23.6. The second-order valence-corrected chi connectivity index (χ2v) is 8.81. The van der Waals surface area contributed by atoms with Gasteiger partial charge >= 0.3 is 6.09 Å². The van der Waals surface area contributed by atoms with Crippen LogP contribution in [0.3, 0.4) is 0 Å². The van der Waals surface area contributed by atoms with E-state index in [0.29, 0.717) is 23.5 Å². The van der Waals surface area contributed by atoms with E-state index in [1.165, 1.54) is 17.1 Å². The summed E-state index contributed by atoms with van der Waals surface area (Å²) in [4.78, 5) is 29.5. The van der Waals surface area contributed by atoms with Crippen molar-refractivity contribution in [3.63, 3.8) is 0 Å². The number of ether oxygens (including phenoxy) is 1. The minimum atomic E-state index is -0.533. The molecule has 9 heteroatoms. The number of benzene rings is 2. The van der Waals surface area contributed by atoms with Gasteiger partial charge in [0, 0.05) is 23.9 Å². The van der Waals surface area contributed by atoms with Gasteiger partial charge < -0.3 is 4.74 Å². The topological polar surface area (TPSA) is 83.9 Å². The number of nitrogens with one attached hydrogen (secondary N) is 1. The molecule has 1 unspecified atom stereocenters. The maximum Gasteiger partial charge on any atom is 0.411 e. The number of hydrogen-bond acceptors (Lipinski definition) is 5. The van der Waals surface area contributed by atoms with Crippen molar-refractivity contribution in [1.82, 2.24) is 9.99 Å². The lowest BCUT2D eigenvalue weighted by molar-refractivity contribution is 0.0707. The van der Waals surface area contributed by atoms with E-state index in [9.17, 15) is 14.0 Å². The number of aromatic nitrogens is 1. The van der Waals surface area contributed by atoms with Crippen molar-refractivity contribution < 1.29 is 18.7 Å². The summed E-state index contributed by atoms with van der Waals surface area (Å²) >= 11 is 3.11. The summed E-state index contributed by atoms with van der Waals surface area (Å²) in [5.74, 6) is -0.950. The molecule has 34 heavy (non-hydrogen) atoms. The van der Waals surface area contributed by atoms with E-state index in [4.69, 9.17) is 4.74 Å². The molecular formula is C25H22BrFN4O3. The second-order valence-electron chi connectivity index (χ2n) is 7.96. The molecule has 7 nitrogen and oxygen atoms in total. The highest BCUT2D eigenvalue weighted by molar-refractivity contribution is 9.10. The number of amides is 2. The fraction of sp³-hybridized carbons (Fsp3) is 0.200. The van der Waals surface area contributed by atoms with Crippen LogP contribution in [0.1, 0.15) is 47.9 Å². The molecule has 1 aliphatic rings. The van der Waals surface area contributed by atoms with Crippen LogP contribution < -0.4 is 5.32 Å². The molecule has 0 saturated carbocycles. The molecule has 0 fully saturated rings. The predicted molar refractivity (Wildman–Crippen MR) is 130 cm³/mol. The molecule has 2 aromatic carbocycles. The number of hydrazone groups is 1. The summed E-state index contributed by atoms with van der Waals surface area (Å²) in [6, 6.07) is 16.4. The SMILES string of the molecule is CC(C)OC(=O)Nc1ccc(C2=NN(C(=O)c3ccc(Br)c(F)c3)C(c3ccccn3)C2)cc1. The molecule has 0 aliphatic carbocycles. The van der Waals surface area contributed by atoms with E-state index in [2.05, 4.69) is 31.3 Å². The van der Waals surface area contributed by atoms with Crippen LogP contribution in [0, 0.1) is 5.82 Å². The third kappa shape index (κ3) is 5.31. The molecule has 1 atom stereocenters. The Morgan fingerprint density at radius 2 is 1.91 bits per heavy atom. The molecule has 0 spiro atoms. The molecule has 3 aromatic rings. The fourth-order valence-electron chi connectivity index (χ4n) is 3.54. The molecule has 1 aromatic heterocycles. The van der Waals surface area contributed by atoms with Crippen LogP contribution in [0.25, 0.3) is 0 Å². The van der Waals surface area contributed by atoms with Crippen LogP contribution in [0.4, 0.5) is 14.9 Å². The van der Waals surface area contributed by atoms with Gasteiger partial charge in [0.25, 0.3) is 5.91 Å². The van der Waals surface area contributed by atoms with Crippen LogP contribution >= 0.6 is 15.9 Å². The first-order valence-corrected chi connectivity index (χ1v) is 11.5. The monoisotopic (exact) mass is 524 g/mol. The van der Waals surface area contributed by atoms with Crippen molar-refractivity contribution in [3.05, 3.63) is 94.0 Å². The van der Waals surface area contributed by atoms with Crippen molar-refractivity contribution in [2.24, 2.45) is 5.10 Å². The predicted octanol–water partition coefficient (Wildman–Crippen LogP) is 5.93. The average molecular weight is 525 g/mol. The third-order valence-corrected chi connectivity index (χ3v) is 5.76. The lowest BCUT2D eigenvalue weighted by Gasteiger charge is -2.21. The van der Waals surface area contributed by atoms with Gasteiger partial charge in [-0.3, -0.25) is 15.1 Å².